The minimum atomic E-state index is -0.194. The van der Waals surface area contributed by atoms with Crippen LogP contribution in [0.5, 0.6) is 0 Å². The summed E-state index contributed by atoms with van der Waals surface area (Å²) in [6.45, 7) is 6.64. The molecule has 0 saturated heterocycles. The Bertz CT molecular complexity index is 1120. The Morgan fingerprint density at radius 3 is 2.71 bits per heavy atom. The van der Waals surface area contributed by atoms with Crippen molar-refractivity contribution in [3.8, 4) is 0 Å². The highest BCUT2D eigenvalue weighted by Gasteiger charge is 2.13. The molecule has 5 nitrogen and oxygen atoms in total. The minimum Gasteiger partial charge on any atom is -0.351 e. The van der Waals surface area contributed by atoms with Gasteiger partial charge >= 0.3 is 0 Å². The van der Waals surface area contributed by atoms with Gasteiger partial charge in [-0.15, -0.1) is 6.58 Å². The Hall–Kier alpha value is -2.99. The summed E-state index contributed by atoms with van der Waals surface area (Å²) in [5.74, 6) is 0.0772. The first kappa shape index (κ1) is 19.8. The van der Waals surface area contributed by atoms with Crippen LogP contribution in [0.3, 0.4) is 0 Å². The van der Waals surface area contributed by atoms with Crippen molar-refractivity contribution in [1.82, 2.24) is 14.9 Å². The van der Waals surface area contributed by atoms with Gasteiger partial charge in [-0.1, -0.05) is 43.3 Å². The van der Waals surface area contributed by atoms with Gasteiger partial charge in [0.2, 0.25) is 0 Å². The highest BCUT2D eigenvalue weighted by molar-refractivity contribution is 7.71. The van der Waals surface area contributed by atoms with E-state index < -0.39 is 0 Å². The molecule has 0 fully saturated rings. The van der Waals surface area contributed by atoms with Crippen molar-refractivity contribution < 1.29 is 4.79 Å². The first-order valence-corrected chi connectivity index (χ1v) is 9.67. The lowest BCUT2D eigenvalue weighted by molar-refractivity contribution is 0.0951. The first-order chi connectivity index (χ1) is 13.5. The molecule has 1 atom stereocenters. The number of rotatable bonds is 7. The van der Waals surface area contributed by atoms with E-state index in [0.717, 1.165) is 6.42 Å². The average Bonchev–Trinajstić information content (AvgIpc) is 2.71. The molecule has 0 saturated carbocycles. The zero-order valence-electron chi connectivity index (χ0n) is 15.8. The second kappa shape index (κ2) is 8.80. The van der Waals surface area contributed by atoms with Crippen LogP contribution >= 0.6 is 12.2 Å². The van der Waals surface area contributed by atoms with Crippen molar-refractivity contribution in [3.05, 3.63) is 87.4 Å². The maximum Gasteiger partial charge on any atom is 0.262 e. The molecule has 0 aliphatic carbocycles. The van der Waals surface area contributed by atoms with E-state index in [1.54, 1.807) is 24.3 Å². The van der Waals surface area contributed by atoms with Crippen LogP contribution in [-0.2, 0) is 6.54 Å². The van der Waals surface area contributed by atoms with Gasteiger partial charge in [-0.05, 0) is 42.4 Å². The fourth-order valence-electron chi connectivity index (χ4n) is 3.23. The molecule has 6 heteroatoms. The summed E-state index contributed by atoms with van der Waals surface area (Å²) < 4.78 is 1.75. The lowest BCUT2D eigenvalue weighted by atomic mass is 9.96. The van der Waals surface area contributed by atoms with Crippen LogP contribution in [-0.4, -0.2) is 22.0 Å². The van der Waals surface area contributed by atoms with Crippen LogP contribution in [0, 0.1) is 4.77 Å². The third kappa shape index (κ3) is 4.12. The highest BCUT2D eigenvalue weighted by Crippen LogP contribution is 2.18. The van der Waals surface area contributed by atoms with E-state index in [2.05, 4.69) is 35.9 Å². The second-order valence-electron chi connectivity index (χ2n) is 6.62. The van der Waals surface area contributed by atoms with Crippen LogP contribution in [0.2, 0.25) is 0 Å². The molecule has 2 aromatic carbocycles. The monoisotopic (exact) mass is 393 g/mol. The maximum absolute atomic E-state index is 12.6. The van der Waals surface area contributed by atoms with Gasteiger partial charge < -0.3 is 10.3 Å². The van der Waals surface area contributed by atoms with Crippen molar-refractivity contribution >= 4 is 29.0 Å². The summed E-state index contributed by atoms with van der Waals surface area (Å²) in [6, 6.07) is 15.1. The van der Waals surface area contributed by atoms with Crippen LogP contribution in [0.25, 0.3) is 10.9 Å². The molecule has 1 amide bonds. The van der Waals surface area contributed by atoms with Crippen LogP contribution < -0.4 is 10.9 Å². The third-order valence-electron chi connectivity index (χ3n) is 4.83. The average molecular weight is 394 g/mol. The number of hydrogen-bond acceptors (Lipinski definition) is 3. The Balaban J connectivity index is 1.82. The van der Waals surface area contributed by atoms with Crippen LogP contribution in [0.15, 0.2) is 66.0 Å². The number of H-pyrrole nitrogens is 1. The standard InChI is InChI=1S/C22H23N3O2S/c1-3-12-25-21(27)18-11-10-17(13-19(18)24-22(25)28)20(26)23-14-15(4-2)16-8-6-5-7-9-16/h3,5-11,13,15H,1,4,12,14H2,2H3,(H,23,26)(H,24,28)/t15-/m0/s1. The van der Waals surface area contributed by atoms with E-state index in [4.69, 9.17) is 12.2 Å². The van der Waals surface area contributed by atoms with Crippen molar-refractivity contribution in [2.75, 3.05) is 6.54 Å². The van der Waals surface area contributed by atoms with Gasteiger partial charge in [0.1, 0.15) is 0 Å². The Morgan fingerprint density at radius 1 is 1.29 bits per heavy atom. The number of nitrogens with zero attached hydrogens (tertiary/aromatic N) is 1. The van der Waals surface area contributed by atoms with Crippen molar-refractivity contribution in [2.45, 2.75) is 25.8 Å². The molecule has 28 heavy (non-hydrogen) atoms. The topological polar surface area (TPSA) is 66.9 Å². The van der Waals surface area contributed by atoms with Gasteiger partial charge in [-0.3, -0.25) is 14.2 Å². The largest absolute Gasteiger partial charge is 0.351 e. The lowest BCUT2D eigenvalue weighted by Crippen LogP contribution is -2.28. The third-order valence-corrected chi connectivity index (χ3v) is 5.15. The number of aromatic nitrogens is 2. The molecule has 2 N–H and O–H groups in total. The van der Waals surface area contributed by atoms with Crippen molar-refractivity contribution in [1.29, 1.82) is 0 Å². The SMILES string of the molecule is C=CCn1c(=S)[nH]c2cc(C(=O)NC[C@H](CC)c3ccccc3)ccc2c1=O. The number of amides is 1. The molecule has 0 bridgehead atoms. The predicted octanol–water partition coefficient (Wildman–Crippen LogP) is 4.17. The molecule has 1 aromatic heterocycles. The van der Waals surface area contributed by atoms with Gasteiger partial charge in [-0.25, -0.2) is 0 Å². The lowest BCUT2D eigenvalue weighted by Gasteiger charge is -2.16. The van der Waals surface area contributed by atoms with Gasteiger partial charge in [0.15, 0.2) is 4.77 Å². The number of carbonyl (C=O) groups is 1. The van der Waals surface area contributed by atoms with Crippen molar-refractivity contribution in [2.24, 2.45) is 0 Å². The zero-order chi connectivity index (χ0) is 20.1. The number of aromatic amines is 1. The smallest absolute Gasteiger partial charge is 0.262 e. The number of hydrogen-bond donors (Lipinski definition) is 2. The van der Waals surface area contributed by atoms with E-state index >= 15 is 0 Å². The molecule has 0 aliphatic heterocycles. The van der Waals surface area contributed by atoms with E-state index in [-0.39, 0.29) is 17.4 Å². The number of fused-ring (bicyclic) bond motifs is 1. The molecule has 3 aromatic rings. The molecular formula is C22H23N3O2S. The van der Waals surface area contributed by atoms with Gasteiger partial charge in [0, 0.05) is 24.6 Å². The molecule has 144 valence electrons. The van der Waals surface area contributed by atoms with Crippen molar-refractivity contribution in [3.63, 3.8) is 0 Å². The summed E-state index contributed by atoms with van der Waals surface area (Å²) in [4.78, 5) is 28.2. The normalized spacial score (nSPS) is 11.9. The Morgan fingerprint density at radius 2 is 2.04 bits per heavy atom. The van der Waals surface area contributed by atoms with E-state index in [9.17, 15) is 9.59 Å². The van der Waals surface area contributed by atoms with Gasteiger partial charge in [-0.2, -0.15) is 0 Å². The van der Waals surface area contributed by atoms with Crippen LogP contribution in [0.1, 0.15) is 35.2 Å². The quantitative estimate of drug-likeness (QED) is 0.468. The number of benzene rings is 2. The van der Waals surface area contributed by atoms with Gasteiger partial charge in [0.05, 0.1) is 10.9 Å². The summed E-state index contributed by atoms with van der Waals surface area (Å²) in [5.41, 5.74) is 2.05. The minimum absolute atomic E-state index is 0.175. The molecule has 0 spiro atoms. The summed E-state index contributed by atoms with van der Waals surface area (Å²) in [6.07, 6.45) is 2.55. The molecule has 0 radical (unpaired) electrons. The van der Waals surface area contributed by atoms with E-state index in [0.29, 0.717) is 34.3 Å². The molecule has 3 rings (SSSR count). The molecule has 0 aliphatic rings. The van der Waals surface area contributed by atoms with Gasteiger partial charge in [0.25, 0.3) is 11.5 Å². The predicted molar refractivity (Wildman–Crippen MR) is 115 cm³/mol. The molecule has 1 heterocycles. The summed E-state index contributed by atoms with van der Waals surface area (Å²) in [5, 5.41) is 3.49. The number of nitrogens with one attached hydrogen (secondary N) is 2. The zero-order valence-corrected chi connectivity index (χ0v) is 16.6. The fourth-order valence-corrected chi connectivity index (χ4v) is 3.50. The Kier molecular flexibility index (Phi) is 6.21. The maximum atomic E-state index is 12.6. The Labute approximate surface area is 168 Å². The number of allylic oxidation sites excluding steroid dienone is 1. The highest BCUT2D eigenvalue weighted by atomic mass is 32.1. The number of carbonyl (C=O) groups excluding carboxylic acids is 1. The van der Waals surface area contributed by atoms with E-state index in [1.807, 2.05) is 18.2 Å². The first-order valence-electron chi connectivity index (χ1n) is 9.26. The van der Waals surface area contributed by atoms with Crippen LogP contribution in [0.4, 0.5) is 0 Å². The van der Waals surface area contributed by atoms with E-state index in [1.165, 1.54) is 10.1 Å². The summed E-state index contributed by atoms with van der Waals surface area (Å²) in [7, 11) is 0. The fraction of sp³-hybridized carbons (Fsp3) is 0.227. The molecular weight excluding hydrogens is 370 g/mol. The second-order valence-corrected chi connectivity index (χ2v) is 7.01. The molecule has 0 unspecified atom stereocenters. The summed E-state index contributed by atoms with van der Waals surface area (Å²) >= 11 is 5.26.